The lowest BCUT2D eigenvalue weighted by Gasteiger charge is -2.16. The van der Waals surface area contributed by atoms with E-state index < -0.39 is 17.4 Å². The Hall–Kier alpha value is -3.09. The average molecular weight is 299 g/mol. The zero-order valence-electron chi connectivity index (χ0n) is 11.4. The van der Waals surface area contributed by atoms with Gasteiger partial charge in [0, 0.05) is 23.6 Å². The van der Waals surface area contributed by atoms with Crippen LogP contribution in [0, 0.1) is 6.92 Å². The minimum Gasteiger partial charge on any atom is -0.454 e. The second-order valence-corrected chi connectivity index (χ2v) is 4.91. The van der Waals surface area contributed by atoms with E-state index in [0.717, 1.165) is 17.1 Å². The van der Waals surface area contributed by atoms with Gasteiger partial charge in [-0.15, -0.1) is 0 Å². The van der Waals surface area contributed by atoms with Gasteiger partial charge in [-0.05, 0) is 18.6 Å². The summed E-state index contributed by atoms with van der Waals surface area (Å²) in [6, 6.07) is 3.22. The molecule has 0 spiro atoms. The van der Waals surface area contributed by atoms with Gasteiger partial charge in [-0.1, -0.05) is 0 Å². The Morgan fingerprint density at radius 2 is 1.64 bits per heavy atom. The van der Waals surface area contributed by atoms with Gasteiger partial charge in [0.1, 0.15) is 11.3 Å². The number of amides is 2. The van der Waals surface area contributed by atoms with Crippen LogP contribution in [-0.2, 0) is 9.59 Å². The SMILES string of the molecule is Cc1c(N2C(=O)C=CC2=O)c(=O)oc2cc3c(cc12)OCO3. The van der Waals surface area contributed by atoms with E-state index in [1.807, 2.05) is 0 Å². The molecule has 3 heterocycles. The number of anilines is 1. The molecule has 0 N–H and O–H groups in total. The topological polar surface area (TPSA) is 86.1 Å². The fourth-order valence-corrected chi connectivity index (χ4v) is 2.61. The van der Waals surface area contributed by atoms with Crippen molar-refractivity contribution < 1.29 is 23.5 Å². The molecule has 0 saturated carbocycles. The molecule has 4 rings (SSSR count). The van der Waals surface area contributed by atoms with Gasteiger partial charge in [0.05, 0.1) is 0 Å². The van der Waals surface area contributed by atoms with Gasteiger partial charge in [0.2, 0.25) is 6.79 Å². The molecule has 2 aliphatic heterocycles. The second-order valence-electron chi connectivity index (χ2n) is 4.91. The number of aryl methyl sites for hydroxylation is 1. The van der Waals surface area contributed by atoms with E-state index in [0.29, 0.717) is 28.0 Å². The number of imide groups is 1. The molecule has 2 aromatic rings. The molecule has 1 aromatic heterocycles. The van der Waals surface area contributed by atoms with Crippen LogP contribution in [-0.4, -0.2) is 18.6 Å². The van der Waals surface area contributed by atoms with Crippen LogP contribution in [0.2, 0.25) is 0 Å². The van der Waals surface area contributed by atoms with Crippen molar-refractivity contribution in [1.82, 2.24) is 0 Å². The van der Waals surface area contributed by atoms with Crippen LogP contribution in [0.25, 0.3) is 11.0 Å². The van der Waals surface area contributed by atoms with Gasteiger partial charge in [-0.3, -0.25) is 9.59 Å². The molecule has 0 aliphatic carbocycles. The van der Waals surface area contributed by atoms with Crippen LogP contribution in [0.3, 0.4) is 0 Å². The fraction of sp³-hybridized carbons (Fsp3) is 0.133. The van der Waals surface area contributed by atoms with Gasteiger partial charge in [0.25, 0.3) is 11.8 Å². The zero-order valence-corrected chi connectivity index (χ0v) is 11.4. The fourth-order valence-electron chi connectivity index (χ4n) is 2.61. The lowest BCUT2D eigenvalue weighted by Crippen LogP contribution is -2.34. The molecule has 1 aromatic carbocycles. The summed E-state index contributed by atoms with van der Waals surface area (Å²) in [5.41, 5.74) is -0.0573. The van der Waals surface area contributed by atoms with Crippen LogP contribution in [0.5, 0.6) is 11.5 Å². The highest BCUT2D eigenvalue weighted by molar-refractivity contribution is 6.28. The summed E-state index contributed by atoms with van der Waals surface area (Å²) in [6.07, 6.45) is 2.23. The molecule has 0 saturated heterocycles. The molecular weight excluding hydrogens is 290 g/mol. The van der Waals surface area contributed by atoms with E-state index in [1.54, 1.807) is 19.1 Å². The predicted octanol–water partition coefficient (Wildman–Crippen LogP) is 1.26. The summed E-state index contributed by atoms with van der Waals surface area (Å²) >= 11 is 0. The third-order valence-electron chi connectivity index (χ3n) is 3.66. The second kappa shape index (κ2) is 4.20. The van der Waals surface area contributed by atoms with Crippen molar-refractivity contribution in [1.29, 1.82) is 0 Å². The van der Waals surface area contributed by atoms with Crippen LogP contribution in [0.15, 0.2) is 33.5 Å². The van der Waals surface area contributed by atoms with Crippen LogP contribution >= 0.6 is 0 Å². The zero-order chi connectivity index (χ0) is 15.4. The number of carbonyl (C=O) groups is 2. The average Bonchev–Trinajstić information content (AvgIpc) is 3.06. The molecule has 0 radical (unpaired) electrons. The molecule has 7 heteroatoms. The van der Waals surface area contributed by atoms with E-state index in [9.17, 15) is 14.4 Å². The number of carbonyl (C=O) groups excluding carboxylic acids is 2. The maximum absolute atomic E-state index is 12.2. The summed E-state index contributed by atoms with van der Waals surface area (Å²) in [7, 11) is 0. The first-order valence-electron chi connectivity index (χ1n) is 6.49. The minimum absolute atomic E-state index is 0.0774. The molecule has 0 bridgehead atoms. The van der Waals surface area contributed by atoms with E-state index in [1.165, 1.54) is 0 Å². The molecule has 2 aliphatic rings. The summed E-state index contributed by atoms with van der Waals surface area (Å²) in [5, 5.41) is 0.575. The van der Waals surface area contributed by atoms with E-state index >= 15 is 0 Å². The van der Waals surface area contributed by atoms with Crippen molar-refractivity contribution in [2.75, 3.05) is 11.7 Å². The Labute approximate surface area is 123 Å². The highest BCUT2D eigenvalue weighted by Gasteiger charge is 2.31. The largest absolute Gasteiger partial charge is 0.454 e. The van der Waals surface area contributed by atoms with E-state index in [2.05, 4.69) is 0 Å². The van der Waals surface area contributed by atoms with Gasteiger partial charge < -0.3 is 13.9 Å². The quantitative estimate of drug-likeness (QED) is 0.582. The minimum atomic E-state index is -0.755. The first-order valence-corrected chi connectivity index (χ1v) is 6.49. The first-order chi connectivity index (χ1) is 10.6. The highest BCUT2D eigenvalue weighted by atomic mass is 16.7. The van der Waals surface area contributed by atoms with Gasteiger partial charge >= 0.3 is 5.63 Å². The third-order valence-corrected chi connectivity index (χ3v) is 3.66. The summed E-state index contributed by atoms with van der Waals surface area (Å²) in [5.74, 6) is -0.133. The number of hydrogen-bond donors (Lipinski definition) is 0. The number of rotatable bonds is 1. The van der Waals surface area contributed by atoms with Crippen molar-refractivity contribution in [3.05, 3.63) is 40.3 Å². The van der Waals surface area contributed by atoms with Crippen LogP contribution in [0.1, 0.15) is 5.56 Å². The number of nitrogens with zero attached hydrogens (tertiary/aromatic N) is 1. The molecule has 0 fully saturated rings. The first kappa shape index (κ1) is 12.6. The molecule has 7 nitrogen and oxygen atoms in total. The molecule has 110 valence electrons. The van der Waals surface area contributed by atoms with E-state index in [-0.39, 0.29) is 12.5 Å². The van der Waals surface area contributed by atoms with Crippen molar-refractivity contribution in [2.45, 2.75) is 6.92 Å². The van der Waals surface area contributed by atoms with Gasteiger partial charge in [0.15, 0.2) is 11.5 Å². The van der Waals surface area contributed by atoms with Crippen LogP contribution in [0.4, 0.5) is 5.69 Å². The summed E-state index contributed by atoms with van der Waals surface area (Å²) < 4.78 is 15.8. The standard InChI is InChI=1S/C15H9NO6/c1-7-8-4-10-11(21-6-20-10)5-9(8)22-15(19)14(7)16-12(17)2-3-13(16)18/h2-5H,6H2,1H3. The summed E-state index contributed by atoms with van der Waals surface area (Å²) in [6.45, 7) is 1.74. The highest BCUT2D eigenvalue weighted by Crippen LogP contribution is 2.38. The Kier molecular flexibility index (Phi) is 2.41. The van der Waals surface area contributed by atoms with Crippen molar-refractivity contribution in [3.8, 4) is 11.5 Å². The molecule has 0 atom stereocenters. The number of ether oxygens (including phenoxy) is 2. The Balaban J connectivity index is 2.01. The van der Waals surface area contributed by atoms with Gasteiger partial charge in [-0.2, -0.15) is 0 Å². The van der Waals surface area contributed by atoms with Crippen molar-refractivity contribution in [3.63, 3.8) is 0 Å². The molecule has 2 amide bonds. The van der Waals surface area contributed by atoms with Crippen molar-refractivity contribution in [2.24, 2.45) is 0 Å². The molecule has 0 unspecified atom stereocenters. The smallest absolute Gasteiger partial charge is 0.361 e. The Morgan fingerprint density at radius 3 is 2.32 bits per heavy atom. The Morgan fingerprint density at radius 1 is 1.00 bits per heavy atom. The maximum atomic E-state index is 12.2. The van der Waals surface area contributed by atoms with E-state index in [4.69, 9.17) is 13.9 Å². The van der Waals surface area contributed by atoms with Crippen LogP contribution < -0.4 is 20.0 Å². The number of benzene rings is 1. The summed E-state index contributed by atoms with van der Waals surface area (Å²) in [4.78, 5) is 36.6. The third kappa shape index (κ3) is 1.59. The predicted molar refractivity (Wildman–Crippen MR) is 75.0 cm³/mol. The lowest BCUT2D eigenvalue weighted by atomic mass is 10.1. The van der Waals surface area contributed by atoms with Gasteiger partial charge in [-0.25, -0.2) is 9.69 Å². The molecule has 22 heavy (non-hydrogen) atoms. The lowest BCUT2D eigenvalue weighted by molar-refractivity contribution is -0.120. The number of fused-ring (bicyclic) bond motifs is 2. The normalized spacial score (nSPS) is 16.1. The molecular formula is C15H9NO6. The number of hydrogen-bond acceptors (Lipinski definition) is 6. The van der Waals surface area contributed by atoms with Crippen molar-refractivity contribution >= 4 is 28.5 Å². The monoisotopic (exact) mass is 299 g/mol. The Bertz CT molecular complexity index is 921. The maximum Gasteiger partial charge on any atom is 0.361 e.